The highest BCUT2D eigenvalue weighted by atomic mass is 16.6. The molecule has 2 aromatic carbocycles. The van der Waals surface area contributed by atoms with Crippen molar-refractivity contribution in [2.75, 3.05) is 59.3 Å². The Bertz CT molecular complexity index is 848. The lowest BCUT2D eigenvalue weighted by molar-refractivity contribution is -0.386. The van der Waals surface area contributed by atoms with Crippen LogP contribution in [-0.2, 0) is 9.47 Å². The van der Waals surface area contributed by atoms with Crippen LogP contribution in [0, 0.1) is 20.2 Å². The highest BCUT2D eigenvalue weighted by Crippen LogP contribution is 2.26. The third-order valence-electron chi connectivity index (χ3n) is 5.02. The molecule has 0 aliphatic carbocycles. The molecule has 0 unspecified atom stereocenters. The minimum absolute atomic E-state index is 0.0924. The number of hydrogen-bond acceptors (Lipinski definition) is 9. The van der Waals surface area contributed by atoms with Gasteiger partial charge in [0.15, 0.2) is 11.5 Å². The first kappa shape index (κ1) is 28.0. The Morgan fingerprint density at radius 2 is 1.14 bits per heavy atom. The highest BCUT2D eigenvalue weighted by molar-refractivity contribution is 5.46. The molecule has 2 aromatic rings. The van der Waals surface area contributed by atoms with Crippen LogP contribution < -0.4 is 9.47 Å². The normalized spacial score (nSPS) is 10.9. The number of ether oxygens (including phenoxy) is 4. The smallest absolute Gasteiger partial charge is 0.310 e. The van der Waals surface area contributed by atoms with Crippen LogP contribution in [0.25, 0.3) is 0 Å². The monoisotopic (exact) mass is 491 g/mol. The SMILES string of the molecule is CCCCOCCOCCN(CCOc1ccccc1[N+](=O)[O-])CCOc1ccccc1[N+](=O)[O-]. The molecule has 0 fully saturated rings. The molecule has 0 bridgehead atoms. The zero-order chi connectivity index (χ0) is 25.3. The number of nitro groups is 2. The topological polar surface area (TPSA) is 126 Å². The Kier molecular flexibility index (Phi) is 13.1. The highest BCUT2D eigenvalue weighted by Gasteiger charge is 2.16. The van der Waals surface area contributed by atoms with Gasteiger partial charge in [0.1, 0.15) is 13.2 Å². The molecule has 0 amide bonds. The van der Waals surface area contributed by atoms with Crippen LogP contribution in [0.4, 0.5) is 11.4 Å². The van der Waals surface area contributed by atoms with Crippen molar-refractivity contribution in [3.8, 4) is 11.5 Å². The van der Waals surface area contributed by atoms with E-state index in [-0.39, 0.29) is 36.1 Å². The minimum Gasteiger partial charge on any atom is -0.485 e. The van der Waals surface area contributed by atoms with Crippen molar-refractivity contribution in [3.63, 3.8) is 0 Å². The summed E-state index contributed by atoms with van der Waals surface area (Å²) in [7, 11) is 0. The van der Waals surface area contributed by atoms with E-state index in [1.165, 1.54) is 12.1 Å². The van der Waals surface area contributed by atoms with Crippen LogP contribution >= 0.6 is 0 Å². The maximum atomic E-state index is 11.2. The quantitative estimate of drug-likeness (QED) is 0.162. The van der Waals surface area contributed by atoms with E-state index in [4.69, 9.17) is 18.9 Å². The van der Waals surface area contributed by atoms with Gasteiger partial charge in [-0.3, -0.25) is 25.1 Å². The number of unbranched alkanes of at least 4 members (excludes halogenated alkanes) is 1. The summed E-state index contributed by atoms with van der Waals surface area (Å²) < 4.78 is 22.4. The first-order valence-corrected chi connectivity index (χ1v) is 11.6. The molecule has 0 aliphatic heterocycles. The number of para-hydroxylation sites is 4. The van der Waals surface area contributed by atoms with Crippen LogP contribution in [0.15, 0.2) is 48.5 Å². The molecule has 11 heteroatoms. The average Bonchev–Trinajstić information content (AvgIpc) is 2.85. The second-order valence-corrected chi connectivity index (χ2v) is 7.57. The van der Waals surface area contributed by atoms with Crippen LogP contribution in [0.3, 0.4) is 0 Å². The van der Waals surface area contributed by atoms with Crippen molar-refractivity contribution in [1.29, 1.82) is 0 Å². The molecule has 0 atom stereocenters. The minimum atomic E-state index is -0.482. The molecule has 0 aromatic heterocycles. The van der Waals surface area contributed by atoms with Gasteiger partial charge < -0.3 is 18.9 Å². The van der Waals surface area contributed by atoms with E-state index in [2.05, 4.69) is 6.92 Å². The number of nitro benzene ring substituents is 2. The summed E-state index contributed by atoms with van der Waals surface area (Å²) in [5, 5.41) is 22.4. The fraction of sp³-hybridized carbons (Fsp3) is 0.500. The fourth-order valence-electron chi connectivity index (χ4n) is 3.13. The van der Waals surface area contributed by atoms with Crippen molar-refractivity contribution >= 4 is 11.4 Å². The lowest BCUT2D eigenvalue weighted by Gasteiger charge is -2.22. The summed E-state index contributed by atoms with van der Waals surface area (Å²) >= 11 is 0. The first-order valence-electron chi connectivity index (χ1n) is 11.6. The van der Waals surface area contributed by atoms with Gasteiger partial charge in [0.2, 0.25) is 0 Å². The second-order valence-electron chi connectivity index (χ2n) is 7.57. The zero-order valence-electron chi connectivity index (χ0n) is 20.0. The summed E-state index contributed by atoms with van der Waals surface area (Å²) in [5.41, 5.74) is -0.185. The van der Waals surface area contributed by atoms with Crippen molar-refractivity contribution < 1.29 is 28.8 Å². The molecule has 0 saturated carbocycles. The molecule has 35 heavy (non-hydrogen) atoms. The summed E-state index contributed by atoms with van der Waals surface area (Å²) in [6, 6.07) is 12.4. The van der Waals surface area contributed by atoms with E-state index in [1.807, 2.05) is 4.90 Å². The largest absolute Gasteiger partial charge is 0.485 e. The third kappa shape index (κ3) is 10.7. The maximum Gasteiger partial charge on any atom is 0.310 e. The summed E-state index contributed by atoms with van der Waals surface area (Å²) in [6.45, 7) is 6.21. The molecule has 0 aliphatic rings. The van der Waals surface area contributed by atoms with E-state index in [0.717, 1.165) is 19.4 Å². The van der Waals surface area contributed by atoms with E-state index >= 15 is 0 Å². The Hall–Kier alpha value is -3.28. The predicted octanol–water partition coefficient (Wildman–Crippen LogP) is 4.10. The molecule has 0 N–H and O–H groups in total. The van der Waals surface area contributed by atoms with Crippen LogP contribution in [0.5, 0.6) is 11.5 Å². The molecule has 11 nitrogen and oxygen atoms in total. The molecular formula is C24H33N3O8. The van der Waals surface area contributed by atoms with Crippen LogP contribution in [0.2, 0.25) is 0 Å². The van der Waals surface area contributed by atoms with Gasteiger partial charge in [-0.1, -0.05) is 37.6 Å². The molecule has 0 radical (unpaired) electrons. The lowest BCUT2D eigenvalue weighted by atomic mass is 10.3. The van der Waals surface area contributed by atoms with Crippen LogP contribution in [0.1, 0.15) is 19.8 Å². The number of rotatable bonds is 19. The molecule has 0 spiro atoms. The van der Waals surface area contributed by atoms with Gasteiger partial charge in [0.25, 0.3) is 0 Å². The fourth-order valence-corrected chi connectivity index (χ4v) is 3.13. The molecule has 0 saturated heterocycles. The number of benzene rings is 2. The summed E-state index contributed by atoms with van der Waals surface area (Å²) in [4.78, 5) is 23.4. The lowest BCUT2D eigenvalue weighted by Crippen LogP contribution is -2.35. The third-order valence-corrected chi connectivity index (χ3v) is 5.02. The Morgan fingerprint density at radius 1 is 0.686 bits per heavy atom. The standard InChI is InChI=1S/C24H33N3O8/c1-2-3-15-32-19-20-33-16-12-25(13-17-34-23-10-6-4-8-21(23)26(28)29)14-18-35-24-11-7-5-9-22(24)27(30)31/h4-11H,2-3,12-20H2,1H3. The van der Waals surface area contributed by atoms with Gasteiger partial charge in [-0.05, 0) is 18.6 Å². The van der Waals surface area contributed by atoms with Gasteiger partial charge >= 0.3 is 11.4 Å². The van der Waals surface area contributed by atoms with E-state index < -0.39 is 9.85 Å². The van der Waals surface area contributed by atoms with Gasteiger partial charge in [-0.25, -0.2) is 0 Å². The summed E-state index contributed by atoms with van der Waals surface area (Å²) in [5.74, 6) is 0.406. The molecule has 0 heterocycles. The Morgan fingerprint density at radius 3 is 1.63 bits per heavy atom. The molecule has 2 rings (SSSR count). The van der Waals surface area contributed by atoms with Crippen molar-refractivity contribution in [2.45, 2.75) is 19.8 Å². The van der Waals surface area contributed by atoms with Crippen LogP contribution in [-0.4, -0.2) is 74.0 Å². The van der Waals surface area contributed by atoms with Gasteiger partial charge in [0.05, 0.1) is 29.7 Å². The van der Waals surface area contributed by atoms with E-state index in [0.29, 0.717) is 39.5 Å². The Balaban J connectivity index is 1.85. The van der Waals surface area contributed by atoms with Gasteiger partial charge in [-0.15, -0.1) is 0 Å². The second kappa shape index (κ2) is 16.4. The van der Waals surface area contributed by atoms with Gasteiger partial charge in [0, 0.05) is 38.4 Å². The average molecular weight is 492 g/mol. The van der Waals surface area contributed by atoms with Gasteiger partial charge in [-0.2, -0.15) is 0 Å². The first-order chi connectivity index (χ1) is 17.0. The summed E-state index contributed by atoms with van der Waals surface area (Å²) in [6.07, 6.45) is 2.10. The molecular weight excluding hydrogens is 458 g/mol. The maximum absolute atomic E-state index is 11.2. The Labute approximate surface area is 204 Å². The van der Waals surface area contributed by atoms with Crippen molar-refractivity contribution in [3.05, 3.63) is 68.8 Å². The van der Waals surface area contributed by atoms with E-state index in [1.54, 1.807) is 36.4 Å². The predicted molar refractivity (Wildman–Crippen MR) is 130 cm³/mol. The van der Waals surface area contributed by atoms with E-state index in [9.17, 15) is 20.2 Å². The zero-order valence-corrected chi connectivity index (χ0v) is 20.0. The number of hydrogen-bond donors (Lipinski definition) is 0. The van der Waals surface area contributed by atoms with Crippen molar-refractivity contribution in [2.24, 2.45) is 0 Å². The number of nitrogens with zero attached hydrogens (tertiary/aromatic N) is 3. The molecule has 192 valence electrons. The van der Waals surface area contributed by atoms with Crippen molar-refractivity contribution in [1.82, 2.24) is 4.90 Å².